The zero-order valence-electron chi connectivity index (χ0n) is 7.52. The van der Waals surface area contributed by atoms with Crippen LogP contribution >= 0.6 is 0 Å². The number of hydrogen-bond acceptors (Lipinski definition) is 0. The van der Waals surface area contributed by atoms with E-state index in [9.17, 15) is 0 Å². The maximum atomic E-state index is 2.24. The fourth-order valence-corrected chi connectivity index (χ4v) is 0.636. The molecular formula is C10H18. The molecule has 0 aliphatic heterocycles. The lowest BCUT2D eigenvalue weighted by Gasteiger charge is -2.10. The molecule has 0 aromatic rings. The number of allylic oxidation sites excluding steroid dienone is 4. The van der Waals surface area contributed by atoms with Crippen molar-refractivity contribution in [1.29, 1.82) is 0 Å². The zero-order chi connectivity index (χ0) is 8.04. The molecule has 58 valence electrons. The van der Waals surface area contributed by atoms with Crippen LogP contribution in [0.25, 0.3) is 0 Å². The molecule has 0 radical (unpaired) electrons. The van der Waals surface area contributed by atoms with Crippen LogP contribution in [0.3, 0.4) is 0 Å². The molecule has 0 aromatic heterocycles. The predicted molar refractivity (Wildman–Crippen MR) is 48.0 cm³/mol. The Morgan fingerprint density at radius 2 is 1.70 bits per heavy atom. The standard InChI is InChI=1S/C10H18/c1-5-6-7-8-9-10(2,3)4/h5-6,8-9H,7H2,1-4H3/b6-5?,9-8-. The molecule has 0 aromatic carbocycles. The van der Waals surface area contributed by atoms with Crippen LogP contribution in [0.4, 0.5) is 0 Å². The molecule has 0 nitrogen and oxygen atoms in total. The molecule has 10 heavy (non-hydrogen) atoms. The van der Waals surface area contributed by atoms with E-state index < -0.39 is 0 Å². The summed E-state index contributed by atoms with van der Waals surface area (Å²) in [5.74, 6) is 0. The summed E-state index contributed by atoms with van der Waals surface area (Å²) in [5.41, 5.74) is 0.335. The normalized spacial score (nSPS) is 13.6. The molecule has 0 atom stereocenters. The highest BCUT2D eigenvalue weighted by molar-refractivity contribution is 4.96. The molecule has 0 rings (SSSR count). The quantitative estimate of drug-likeness (QED) is 0.512. The zero-order valence-corrected chi connectivity index (χ0v) is 7.52. The van der Waals surface area contributed by atoms with Crippen LogP contribution in [0.2, 0.25) is 0 Å². The van der Waals surface area contributed by atoms with Crippen LogP contribution in [0.1, 0.15) is 34.1 Å². The van der Waals surface area contributed by atoms with E-state index in [2.05, 4.69) is 45.1 Å². The molecule has 0 spiro atoms. The molecule has 0 heteroatoms. The average molecular weight is 138 g/mol. The summed E-state index contributed by atoms with van der Waals surface area (Å²) < 4.78 is 0. The van der Waals surface area contributed by atoms with E-state index in [0.717, 1.165) is 6.42 Å². The van der Waals surface area contributed by atoms with Gasteiger partial charge in [-0.05, 0) is 18.8 Å². The molecule has 0 fully saturated rings. The minimum atomic E-state index is 0.335. The van der Waals surface area contributed by atoms with E-state index in [1.165, 1.54) is 0 Å². The lowest BCUT2D eigenvalue weighted by molar-refractivity contribution is 0.543. The van der Waals surface area contributed by atoms with Gasteiger partial charge in [0, 0.05) is 0 Å². The van der Waals surface area contributed by atoms with Crippen LogP contribution in [0.5, 0.6) is 0 Å². The Kier molecular flexibility index (Phi) is 4.10. The molecule has 0 aliphatic carbocycles. The van der Waals surface area contributed by atoms with Crippen molar-refractivity contribution in [3.05, 3.63) is 24.3 Å². The van der Waals surface area contributed by atoms with Crippen molar-refractivity contribution in [2.24, 2.45) is 5.41 Å². The van der Waals surface area contributed by atoms with Gasteiger partial charge in [0.2, 0.25) is 0 Å². The van der Waals surface area contributed by atoms with Crippen LogP contribution in [-0.4, -0.2) is 0 Å². The molecule has 0 heterocycles. The molecule has 0 bridgehead atoms. The summed E-state index contributed by atoms with van der Waals surface area (Å²) >= 11 is 0. The summed E-state index contributed by atoms with van der Waals surface area (Å²) in [6, 6.07) is 0. The minimum absolute atomic E-state index is 0.335. The Morgan fingerprint density at radius 3 is 2.10 bits per heavy atom. The van der Waals surface area contributed by atoms with Gasteiger partial charge in [0.1, 0.15) is 0 Å². The van der Waals surface area contributed by atoms with E-state index in [1.807, 2.05) is 6.92 Å². The molecule has 0 aliphatic rings. The van der Waals surface area contributed by atoms with Crippen molar-refractivity contribution < 1.29 is 0 Å². The second-order valence-electron chi connectivity index (χ2n) is 3.57. The first kappa shape index (κ1) is 9.48. The van der Waals surface area contributed by atoms with E-state index in [-0.39, 0.29) is 0 Å². The second kappa shape index (κ2) is 4.32. The Morgan fingerprint density at radius 1 is 1.10 bits per heavy atom. The second-order valence-corrected chi connectivity index (χ2v) is 3.57. The van der Waals surface area contributed by atoms with Gasteiger partial charge in [0.25, 0.3) is 0 Å². The summed E-state index contributed by atoms with van der Waals surface area (Å²) in [6.07, 6.45) is 9.75. The van der Waals surface area contributed by atoms with Gasteiger partial charge in [0.15, 0.2) is 0 Å². The summed E-state index contributed by atoms with van der Waals surface area (Å²) in [4.78, 5) is 0. The van der Waals surface area contributed by atoms with E-state index in [1.54, 1.807) is 0 Å². The minimum Gasteiger partial charge on any atom is -0.0914 e. The lowest BCUT2D eigenvalue weighted by atomic mass is 9.96. The topological polar surface area (TPSA) is 0 Å². The van der Waals surface area contributed by atoms with Gasteiger partial charge in [-0.1, -0.05) is 45.1 Å². The van der Waals surface area contributed by atoms with Gasteiger partial charge in [-0.3, -0.25) is 0 Å². The third-order valence-electron chi connectivity index (χ3n) is 1.13. The fourth-order valence-electron chi connectivity index (χ4n) is 0.636. The highest BCUT2D eigenvalue weighted by atomic mass is 14.1. The largest absolute Gasteiger partial charge is 0.0914 e. The summed E-state index contributed by atoms with van der Waals surface area (Å²) in [7, 11) is 0. The molecule has 0 unspecified atom stereocenters. The maximum Gasteiger partial charge on any atom is -0.0169 e. The van der Waals surface area contributed by atoms with E-state index in [4.69, 9.17) is 0 Å². The van der Waals surface area contributed by atoms with Gasteiger partial charge in [0.05, 0.1) is 0 Å². The first-order chi connectivity index (χ1) is 4.56. The van der Waals surface area contributed by atoms with Gasteiger partial charge in [-0.15, -0.1) is 0 Å². The first-order valence-corrected chi connectivity index (χ1v) is 3.85. The monoisotopic (exact) mass is 138 g/mol. The van der Waals surface area contributed by atoms with Crippen molar-refractivity contribution in [3.8, 4) is 0 Å². The Hall–Kier alpha value is -0.520. The Labute approximate surface area is 64.6 Å². The first-order valence-electron chi connectivity index (χ1n) is 3.85. The Bertz CT molecular complexity index is 121. The van der Waals surface area contributed by atoms with Gasteiger partial charge < -0.3 is 0 Å². The van der Waals surface area contributed by atoms with Crippen LogP contribution in [0, 0.1) is 5.41 Å². The highest BCUT2D eigenvalue weighted by Crippen LogP contribution is 2.14. The van der Waals surface area contributed by atoms with Gasteiger partial charge in [-0.2, -0.15) is 0 Å². The van der Waals surface area contributed by atoms with Crippen LogP contribution in [0.15, 0.2) is 24.3 Å². The van der Waals surface area contributed by atoms with Crippen LogP contribution < -0.4 is 0 Å². The third kappa shape index (κ3) is 7.48. The van der Waals surface area contributed by atoms with Gasteiger partial charge in [-0.25, -0.2) is 0 Å². The fraction of sp³-hybridized carbons (Fsp3) is 0.600. The number of hydrogen-bond donors (Lipinski definition) is 0. The Balaban J connectivity index is 3.56. The van der Waals surface area contributed by atoms with Gasteiger partial charge >= 0.3 is 0 Å². The average Bonchev–Trinajstić information content (AvgIpc) is 1.78. The molecule has 0 saturated carbocycles. The smallest absolute Gasteiger partial charge is 0.0169 e. The summed E-state index contributed by atoms with van der Waals surface area (Å²) in [6.45, 7) is 8.67. The lowest BCUT2D eigenvalue weighted by Crippen LogP contribution is -1.97. The van der Waals surface area contributed by atoms with Crippen molar-refractivity contribution in [2.45, 2.75) is 34.1 Å². The predicted octanol–water partition coefficient (Wildman–Crippen LogP) is 3.55. The van der Waals surface area contributed by atoms with Crippen molar-refractivity contribution in [2.75, 3.05) is 0 Å². The van der Waals surface area contributed by atoms with Crippen molar-refractivity contribution in [1.82, 2.24) is 0 Å². The maximum absolute atomic E-state index is 2.24. The summed E-state index contributed by atoms with van der Waals surface area (Å²) in [5, 5.41) is 0. The van der Waals surface area contributed by atoms with Crippen molar-refractivity contribution >= 4 is 0 Å². The molecular weight excluding hydrogens is 120 g/mol. The van der Waals surface area contributed by atoms with Crippen LogP contribution in [-0.2, 0) is 0 Å². The van der Waals surface area contributed by atoms with Crippen molar-refractivity contribution in [3.63, 3.8) is 0 Å². The molecule has 0 N–H and O–H groups in total. The molecule has 0 saturated heterocycles. The third-order valence-corrected chi connectivity index (χ3v) is 1.13. The molecule has 0 amide bonds. The number of rotatable bonds is 2. The van der Waals surface area contributed by atoms with E-state index >= 15 is 0 Å². The highest BCUT2D eigenvalue weighted by Gasteiger charge is 2.01. The van der Waals surface area contributed by atoms with E-state index in [0.29, 0.717) is 5.41 Å². The SMILES string of the molecule is CC=CC/C=C\C(C)(C)C.